The Labute approximate surface area is 276 Å². The fourth-order valence-corrected chi connectivity index (χ4v) is 5.81. The fraction of sp³-hybridized carbons (Fsp3) is 0.361. The number of carbonyl (C=O) groups excluding carboxylic acids is 5. The average Bonchev–Trinajstić information content (AvgIpc) is 3.01. The molecule has 1 aliphatic carbocycles. The van der Waals surface area contributed by atoms with Crippen LogP contribution in [0.2, 0.25) is 0 Å². The Kier molecular flexibility index (Phi) is 11.4. The third-order valence-electron chi connectivity index (χ3n) is 8.19. The molecule has 1 aliphatic rings. The molecular weight excluding hydrogens is 620 g/mol. The molecule has 10 nitrogen and oxygen atoms in total. The van der Waals surface area contributed by atoms with E-state index in [0.29, 0.717) is 28.7 Å². The monoisotopic (exact) mass is 662 g/mol. The van der Waals surface area contributed by atoms with Crippen LogP contribution in [0.15, 0.2) is 66.7 Å². The maximum absolute atomic E-state index is 13.1. The molecule has 0 fully saturated rings. The number of carbonyl (C=O) groups is 5. The van der Waals surface area contributed by atoms with E-state index in [4.69, 9.17) is 4.55 Å². The van der Waals surface area contributed by atoms with Crippen LogP contribution in [0.5, 0.6) is 0 Å². The molecule has 3 N–H and O–H groups in total. The summed E-state index contributed by atoms with van der Waals surface area (Å²) < 4.78 is 30.3. The highest BCUT2D eigenvalue weighted by molar-refractivity contribution is 7.85. The molecule has 250 valence electrons. The van der Waals surface area contributed by atoms with E-state index in [1.807, 2.05) is 20.8 Å². The molecule has 0 saturated carbocycles. The quantitative estimate of drug-likeness (QED) is 0.134. The van der Waals surface area contributed by atoms with Crippen LogP contribution in [0.3, 0.4) is 0 Å². The summed E-state index contributed by atoms with van der Waals surface area (Å²) in [4.78, 5) is 62.8. The van der Waals surface area contributed by atoms with E-state index >= 15 is 0 Å². The number of rotatable bonds is 10. The molecule has 0 bridgehead atoms. The first-order valence-electron chi connectivity index (χ1n) is 15.4. The smallest absolute Gasteiger partial charge is 0.267 e. The molecule has 0 radical (unpaired) electrons. The zero-order valence-corrected chi connectivity index (χ0v) is 28.6. The lowest BCUT2D eigenvalue weighted by atomic mass is 9.83. The van der Waals surface area contributed by atoms with Crippen LogP contribution in [0.25, 0.3) is 0 Å². The van der Waals surface area contributed by atoms with E-state index in [9.17, 15) is 32.4 Å². The van der Waals surface area contributed by atoms with Gasteiger partial charge in [-0.2, -0.15) is 8.42 Å². The molecule has 11 heteroatoms. The molecule has 47 heavy (non-hydrogen) atoms. The van der Waals surface area contributed by atoms with Gasteiger partial charge in [0.05, 0.1) is 22.5 Å². The van der Waals surface area contributed by atoms with Crippen LogP contribution in [0.1, 0.15) is 114 Å². The highest BCUT2D eigenvalue weighted by Gasteiger charge is 2.33. The average molecular weight is 663 g/mol. The molecular formula is C36H42N2O8S. The first kappa shape index (κ1) is 37.0. The first-order chi connectivity index (χ1) is 21.8. The van der Waals surface area contributed by atoms with E-state index in [1.54, 1.807) is 94.4 Å². The number of fused-ring (bicyclic) bond motifs is 2. The molecule has 0 heterocycles. The minimum Gasteiger partial charge on any atom is -0.350 e. The van der Waals surface area contributed by atoms with Gasteiger partial charge in [0.1, 0.15) is 0 Å². The van der Waals surface area contributed by atoms with Gasteiger partial charge in [-0.1, -0.05) is 83.1 Å². The summed E-state index contributed by atoms with van der Waals surface area (Å²) in [6.07, 6.45) is 1.40. The molecule has 2 amide bonds. The molecule has 4 rings (SSSR count). The highest BCUT2D eigenvalue weighted by Crippen LogP contribution is 2.32. The van der Waals surface area contributed by atoms with Crippen LogP contribution < -0.4 is 10.6 Å². The molecule has 3 aromatic rings. The topological polar surface area (TPSA) is 164 Å². The number of amides is 2. The van der Waals surface area contributed by atoms with Crippen molar-refractivity contribution in [1.29, 1.82) is 0 Å². The van der Waals surface area contributed by atoms with Crippen LogP contribution in [-0.4, -0.2) is 53.4 Å². The molecule has 1 atom stereocenters. The van der Waals surface area contributed by atoms with E-state index in [0.717, 1.165) is 6.42 Å². The minimum absolute atomic E-state index is 0.0364. The van der Waals surface area contributed by atoms with Gasteiger partial charge in [0.15, 0.2) is 17.3 Å². The second kappa shape index (κ2) is 14.5. The van der Waals surface area contributed by atoms with Crippen molar-refractivity contribution in [2.45, 2.75) is 66.8 Å². The first-order valence-corrected chi connectivity index (χ1v) is 17.0. The van der Waals surface area contributed by atoms with Gasteiger partial charge in [-0.05, 0) is 44.9 Å². The number of Topliss-reactive ketones (excluding diaryl/α,β-unsaturated/α-hetero) is 1. The number of nitrogens with one attached hydrogen (secondary N) is 2. The summed E-state index contributed by atoms with van der Waals surface area (Å²) in [5.41, 5.74) is 0.843. The van der Waals surface area contributed by atoms with Crippen molar-refractivity contribution >= 4 is 45.0 Å². The van der Waals surface area contributed by atoms with E-state index < -0.39 is 32.7 Å². The largest absolute Gasteiger partial charge is 0.350 e. The van der Waals surface area contributed by atoms with Crippen LogP contribution in [0.4, 0.5) is 5.69 Å². The highest BCUT2D eigenvalue weighted by atomic mass is 32.2. The third-order valence-corrected chi connectivity index (χ3v) is 9.27. The van der Waals surface area contributed by atoms with Gasteiger partial charge in [0.2, 0.25) is 5.91 Å². The number of ketones is 3. The maximum Gasteiger partial charge on any atom is 0.267 e. The van der Waals surface area contributed by atoms with Gasteiger partial charge >= 0.3 is 0 Å². The van der Waals surface area contributed by atoms with E-state index in [2.05, 4.69) is 10.6 Å². The lowest BCUT2D eigenvalue weighted by Crippen LogP contribution is -2.52. The van der Waals surface area contributed by atoms with Crippen LogP contribution >= 0.6 is 0 Å². The van der Waals surface area contributed by atoms with Gasteiger partial charge in [-0.15, -0.1) is 0 Å². The number of benzene rings is 3. The van der Waals surface area contributed by atoms with Gasteiger partial charge in [0, 0.05) is 39.2 Å². The zero-order chi connectivity index (χ0) is 35.3. The lowest BCUT2D eigenvalue weighted by molar-refractivity contribution is -0.130. The van der Waals surface area contributed by atoms with Gasteiger partial charge in [0.25, 0.3) is 16.0 Å². The SMILES string of the molecule is CCC(C)(C)C(=O)NC(C)(C)CS(=O)(=O)O.CCC(C)C(=O)c1ccc(C(=O)Nc2cccc3c2C(=O)c2ccccc2C3=O)cc1. The van der Waals surface area contributed by atoms with Crippen LogP contribution in [-0.2, 0) is 14.9 Å². The normalized spacial score (nSPS) is 13.4. The molecule has 0 saturated heterocycles. The van der Waals surface area contributed by atoms with Gasteiger partial charge in [-0.3, -0.25) is 28.5 Å². The minimum atomic E-state index is -4.09. The van der Waals surface area contributed by atoms with Crippen molar-refractivity contribution in [3.05, 3.63) is 100 Å². The summed E-state index contributed by atoms with van der Waals surface area (Å²) in [6.45, 7) is 12.4. The second-order valence-corrected chi connectivity index (χ2v) is 14.4. The Morgan fingerprint density at radius 3 is 1.85 bits per heavy atom. The van der Waals surface area contributed by atoms with E-state index in [1.165, 1.54) is 0 Å². The van der Waals surface area contributed by atoms with Crippen molar-refractivity contribution in [2.24, 2.45) is 11.3 Å². The van der Waals surface area contributed by atoms with Crippen molar-refractivity contribution < 1.29 is 36.9 Å². The summed E-state index contributed by atoms with van der Waals surface area (Å²) >= 11 is 0. The number of hydrogen-bond acceptors (Lipinski definition) is 7. The Hall–Kier alpha value is -4.48. The summed E-state index contributed by atoms with van der Waals surface area (Å²) in [5.74, 6) is -1.72. The van der Waals surface area contributed by atoms with E-state index in [-0.39, 0.29) is 46.0 Å². The molecule has 3 aromatic carbocycles. The third kappa shape index (κ3) is 9.08. The summed E-state index contributed by atoms with van der Waals surface area (Å²) in [5, 5.41) is 5.38. The van der Waals surface area contributed by atoms with Crippen molar-refractivity contribution in [3.8, 4) is 0 Å². The number of anilines is 1. The molecule has 0 aliphatic heterocycles. The Morgan fingerprint density at radius 1 is 0.787 bits per heavy atom. The second-order valence-electron chi connectivity index (χ2n) is 12.9. The van der Waals surface area contributed by atoms with Crippen LogP contribution in [0, 0.1) is 11.3 Å². The zero-order valence-electron chi connectivity index (χ0n) is 27.8. The summed E-state index contributed by atoms with van der Waals surface area (Å²) in [6, 6.07) is 18.0. The summed E-state index contributed by atoms with van der Waals surface area (Å²) in [7, 11) is -4.09. The van der Waals surface area contributed by atoms with Gasteiger partial charge in [-0.25, -0.2) is 0 Å². The maximum atomic E-state index is 13.1. The standard InChI is InChI=1S/C26H21NO4.C10H21NO4S/c1-3-15(2)23(28)16-11-13-17(14-12-16)26(31)27-21-10-6-9-20-22(21)25(30)19-8-5-4-7-18(19)24(20)29;1-6-9(2,3)8(12)11-10(4,5)7-16(13,14)15/h4-15H,3H2,1-2H3,(H,27,31);6-7H2,1-5H3,(H,11,12)(H,13,14,15). The Morgan fingerprint density at radius 2 is 1.32 bits per heavy atom. The fourth-order valence-electron chi connectivity index (χ4n) is 4.83. The Bertz CT molecular complexity index is 1810. The van der Waals surface area contributed by atoms with Crippen molar-refractivity contribution in [1.82, 2.24) is 5.32 Å². The molecule has 0 aromatic heterocycles. The predicted molar refractivity (Wildman–Crippen MR) is 181 cm³/mol. The van der Waals surface area contributed by atoms with Crippen molar-refractivity contribution in [3.63, 3.8) is 0 Å². The molecule has 1 unspecified atom stereocenters. The lowest BCUT2D eigenvalue weighted by Gasteiger charge is -2.30. The molecule has 0 spiro atoms. The van der Waals surface area contributed by atoms with Gasteiger partial charge < -0.3 is 10.6 Å². The Balaban J connectivity index is 0.000000320. The van der Waals surface area contributed by atoms with Crippen molar-refractivity contribution in [2.75, 3.05) is 11.1 Å². The predicted octanol–water partition coefficient (Wildman–Crippen LogP) is 6.15. The number of hydrogen-bond donors (Lipinski definition) is 3.